The average molecular weight is 369 g/mol. The second kappa shape index (κ2) is 7.10. The van der Waals surface area contributed by atoms with Gasteiger partial charge in [0, 0.05) is 42.3 Å². The fourth-order valence-electron chi connectivity index (χ4n) is 4.96. The number of amides is 1. The third kappa shape index (κ3) is 3.52. The first-order valence-electron chi connectivity index (χ1n) is 10.0. The third-order valence-electron chi connectivity index (χ3n) is 6.36. The summed E-state index contributed by atoms with van der Waals surface area (Å²) in [6, 6.07) is 6.99. The lowest BCUT2D eigenvalue weighted by atomic mass is 9.90. The van der Waals surface area contributed by atoms with E-state index in [0.717, 1.165) is 42.5 Å². The number of hydrogen-bond acceptors (Lipinski definition) is 3. The number of rotatable bonds is 4. The molecule has 144 valence electrons. The number of nitrogens with one attached hydrogen (secondary N) is 1. The first-order valence-corrected chi connectivity index (χ1v) is 10.0. The van der Waals surface area contributed by atoms with E-state index in [4.69, 9.17) is 0 Å². The maximum Gasteiger partial charge on any atom is 0.223 e. The predicted molar refractivity (Wildman–Crippen MR) is 106 cm³/mol. The minimum atomic E-state index is -0.221. The van der Waals surface area contributed by atoms with Gasteiger partial charge in [0.2, 0.25) is 5.91 Å². The van der Waals surface area contributed by atoms with E-state index in [1.54, 1.807) is 12.1 Å². The Labute approximate surface area is 160 Å². The van der Waals surface area contributed by atoms with E-state index >= 15 is 0 Å². The zero-order valence-corrected chi connectivity index (χ0v) is 16.3. The van der Waals surface area contributed by atoms with E-state index in [2.05, 4.69) is 22.1 Å². The maximum absolute atomic E-state index is 13.8. The van der Waals surface area contributed by atoms with Gasteiger partial charge in [0.25, 0.3) is 0 Å². The maximum atomic E-state index is 13.8. The standard InChI is InChI=1S/C22H28FN3O/c1-13(2)25-22(27)14(3)15-8-16-11-26(12-17(16)9-15)21-6-7-24-20-5-4-18(23)10-19(20)21/h4-7,10,13-17H,8-9,11-12H2,1-3H3,(H,25,27)/t14?,15?,16-,17+. The fraction of sp³-hybridized carbons (Fsp3) is 0.545. The van der Waals surface area contributed by atoms with Crippen LogP contribution in [0.3, 0.4) is 0 Å². The molecule has 2 heterocycles. The average Bonchev–Trinajstić information content (AvgIpc) is 3.18. The smallest absolute Gasteiger partial charge is 0.223 e. The van der Waals surface area contributed by atoms with Crippen LogP contribution >= 0.6 is 0 Å². The van der Waals surface area contributed by atoms with Gasteiger partial charge in [-0.2, -0.15) is 0 Å². The Morgan fingerprint density at radius 3 is 2.56 bits per heavy atom. The highest BCUT2D eigenvalue weighted by Crippen LogP contribution is 2.46. The molecule has 1 aromatic carbocycles. The highest BCUT2D eigenvalue weighted by atomic mass is 19.1. The van der Waals surface area contributed by atoms with Crippen molar-refractivity contribution in [1.82, 2.24) is 10.3 Å². The van der Waals surface area contributed by atoms with Crippen LogP contribution in [0.5, 0.6) is 0 Å². The number of hydrogen-bond donors (Lipinski definition) is 1. The number of halogens is 1. The molecule has 0 radical (unpaired) electrons. The van der Waals surface area contributed by atoms with Gasteiger partial charge in [-0.1, -0.05) is 6.92 Å². The molecule has 2 fully saturated rings. The molecule has 27 heavy (non-hydrogen) atoms. The van der Waals surface area contributed by atoms with Crippen LogP contribution in [0.15, 0.2) is 30.5 Å². The van der Waals surface area contributed by atoms with Crippen LogP contribution in [0.2, 0.25) is 0 Å². The van der Waals surface area contributed by atoms with Crippen molar-refractivity contribution < 1.29 is 9.18 Å². The Hall–Kier alpha value is -2.17. The van der Waals surface area contributed by atoms with Gasteiger partial charge in [-0.3, -0.25) is 9.78 Å². The van der Waals surface area contributed by atoms with E-state index < -0.39 is 0 Å². The monoisotopic (exact) mass is 369 g/mol. The van der Waals surface area contributed by atoms with Crippen molar-refractivity contribution in [2.45, 2.75) is 39.7 Å². The third-order valence-corrected chi connectivity index (χ3v) is 6.36. The van der Waals surface area contributed by atoms with Gasteiger partial charge in [-0.05, 0) is 68.7 Å². The van der Waals surface area contributed by atoms with E-state index in [1.807, 2.05) is 26.1 Å². The van der Waals surface area contributed by atoms with Crippen molar-refractivity contribution in [1.29, 1.82) is 0 Å². The van der Waals surface area contributed by atoms with Crippen molar-refractivity contribution in [2.75, 3.05) is 18.0 Å². The lowest BCUT2D eigenvalue weighted by Gasteiger charge is -2.25. The van der Waals surface area contributed by atoms with Gasteiger partial charge in [0.05, 0.1) is 5.52 Å². The SMILES string of the molecule is CC(C)NC(=O)C(C)C1C[C@@H]2CN(c3ccnc4ccc(F)cc34)C[C@@H]2C1. The van der Waals surface area contributed by atoms with Crippen molar-refractivity contribution >= 4 is 22.5 Å². The van der Waals surface area contributed by atoms with Gasteiger partial charge >= 0.3 is 0 Å². The van der Waals surface area contributed by atoms with Crippen LogP contribution in [0.4, 0.5) is 10.1 Å². The number of carbonyl (C=O) groups is 1. The van der Waals surface area contributed by atoms with Gasteiger partial charge in [0.15, 0.2) is 0 Å². The molecule has 1 aliphatic heterocycles. The molecule has 1 saturated carbocycles. The summed E-state index contributed by atoms with van der Waals surface area (Å²) >= 11 is 0. The van der Waals surface area contributed by atoms with E-state index in [9.17, 15) is 9.18 Å². The summed E-state index contributed by atoms with van der Waals surface area (Å²) in [5, 5.41) is 3.94. The molecule has 4 atom stereocenters. The molecule has 2 aromatic rings. The number of aromatic nitrogens is 1. The Bertz CT molecular complexity index is 839. The first-order chi connectivity index (χ1) is 12.9. The molecule has 2 unspecified atom stereocenters. The molecular weight excluding hydrogens is 341 g/mol. The minimum Gasteiger partial charge on any atom is -0.370 e. The van der Waals surface area contributed by atoms with Crippen molar-refractivity contribution in [3.05, 3.63) is 36.3 Å². The molecule has 2 aliphatic rings. The number of anilines is 1. The summed E-state index contributed by atoms with van der Waals surface area (Å²) in [5.41, 5.74) is 1.92. The van der Waals surface area contributed by atoms with Crippen molar-refractivity contribution in [3.8, 4) is 0 Å². The quantitative estimate of drug-likeness (QED) is 0.886. The summed E-state index contributed by atoms with van der Waals surface area (Å²) in [5.74, 6) is 1.72. The predicted octanol–water partition coefficient (Wildman–Crippen LogP) is 4.00. The van der Waals surface area contributed by atoms with Crippen molar-refractivity contribution in [2.24, 2.45) is 23.7 Å². The Morgan fingerprint density at radius 1 is 1.19 bits per heavy atom. The number of carbonyl (C=O) groups excluding carboxylic acids is 1. The van der Waals surface area contributed by atoms with Crippen molar-refractivity contribution in [3.63, 3.8) is 0 Å². The molecule has 1 amide bonds. The van der Waals surface area contributed by atoms with Crippen LogP contribution in [0.25, 0.3) is 10.9 Å². The first kappa shape index (κ1) is 18.2. The van der Waals surface area contributed by atoms with Crippen LogP contribution in [0, 0.1) is 29.5 Å². The van der Waals surface area contributed by atoms with Gasteiger partial charge < -0.3 is 10.2 Å². The normalized spacial score (nSPS) is 25.8. The van der Waals surface area contributed by atoms with Gasteiger partial charge in [-0.15, -0.1) is 0 Å². The van der Waals surface area contributed by atoms with E-state index in [-0.39, 0.29) is 23.7 Å². The lowest BCUT2D eigenvalue weighted by Crippen LogP contribution is -2.37. The van der Waals surface area contributed by atoms with E-state index in [1.165, 1.54) is 6.07 Å². The zero-order chi connectivity index (χ0) is 19.1. The fourth-order valence-corrected chi connectivity index (χ4v) is 4.96. The van der Waals surface area contributed by atoms with Gasteiger partial charge in [0.1, 0.15) is 5.82 Å². The molecule has 5 heteroatoms. The summed E-state index contributed by atoms with van der Waals surface area (Å²) in [6.45, 7) is 8.05. The Balaban J connectivity index is 1.46. The molecule has 1 aromatic heterocycles. The highest BCUT2D eigenvalue weighted by Gasteiger charge is 2.44. The van der Waals surface area contributed by atoms with E-state index in [0.29, 0.717) is 17.8 Å². The summed E-state index contributed by atoms with van der Waals surface area (Å²) in [6.07, 6.45) is 4.02. The topological polar surface area (TPSA) is 45.2 Å². The number of pyridine rings is 1. The summed E-state index contributed by atoms with van der Waals surface area (Å²) < 4.78 is 13.8. The number of nitrogens with zero attached hydrogens (tertiary/aromatic N) is 2. The largest absolute Gasteiger partial charge is 0.370 e. The van der Waals surface area contributed by atoms with Crippen LogP contribution in [-0.2, 0) is 4.79 Å². The second-order valence-electron chi connectivity index (χ2n) is 8.60. The molecule has 4 nitrogen and oxygen atoms in total. The molecule has 1 aliphatic carbocycles. The van der Waals surface area contributed by atoms with Crippen LogP contribution in [0.1, 0.15) is 33.6 Å². The van der Waals surface area contributed by atoms with Crippen LogP contribution < -0.4 is 10.2 Å². The minimum absolute atomic E-state index is 0.0716. The molecule has 0 spiro atoms. The lowest BCUT2D eigenvalue weighted by molar-refractivity contribution is -0.126. The Kier molecular flexibility index (Phi) is 4.79. The molecule has 1 saturated heterocycles. The second-order valence-corrected chi connectivity index (χ2v) is 8.60. The summed E-state index contributed by atoms with van der Waals surface area (Å²) in [7, 11) is 0. The number of benzene rings is 1. The molecule has 0 bridgehead atoms. The molecule has 4 rings (SSSR count). The molecular formula is C22H28FN3O. The zero-order valence-electron chi connectivity index (χ0n) is 16.3. The van der Waals surface area contributed by atoms with Crippen LogP contribution in [-0.4, -0.2) is 30.0 Å². The Morgan fingerprint density at radius 2 is 1.89 bits per heavy atom. The highest BCUT2D eigenvalue weighted by molar-refractivity contribution is 5.91. The molecule has 1 N–H and O–H groups in total. The number of fused-ring (bicyclic) bond motifs is 2. The van der Waals surface area contributed by atoms with Gasteiger partial charge in [-0.25, -0.2) is 4.39 Å². The summed E-state index contributed by atoms with van der Waals surface area (Å²) in [4.78, 5) is 19.1.